The number of nitrogens with one attached hydrogen (secondary N) is 1. The Bertz CT molecular complexity index is 343. The van der Waals surface area contributed by atoms with E-state index >= 15 is 0 Å². The van der Waals surface area contributed by atoms with Crippen molar-refractivity contribution < 1.29 is 9.84 Å². The Balaban J connectivity index is 1.81. The highest BCUT2D eigenvalue weighted by atomic mass is 32.2. The van der Waals surface area contributed by atoms with E-state index in [1.54, 1.807) is 0 Å². The molecule has 3 nitrogen and oxygen atoms in total. The zero-order valence-electron chi connectivity index (χ0n) is 10.0. The molecule has 0 radical (unpaired) electrons. The second kappa shape index (κ2) is 6.75. The molecule has 0 fully saturated rings. The van der Waals surface area contributed by atoms with Gasteiger partial charge in [0.15, 0.2) is 0 Å². The maximum atomic E-state index is 8.60. The molecular formula is C12H19NO2S2. The first-order valence-corrected chi connectivity index (χ1v) is 7.73. The van der Waals surface area contributed by atoms with Gasteiger partial charge in [-0.25, -0.2) is 0 Å². The van der Waals surface area contributed by atoms with Crippen LogP contribution in [0.1, 0.15) is 24.9 Å². The molecule has 96 valence electrons. The third kappa shape index (κ3) is 3.69. The molecule has 0 bridgehead atoms. The second-order valence-corrected chi connectivity index (χ2v) is 6.79. The first-order chi connectivity index (χ1) is 8.31. The molecule has 0 aromatic carbocycles. The molecule has 17 heavy (non-hydrogen) atoms. The van der Waals surface area contributed by atoms with Crippen LogP contribution in [0.2, 0.25) is 0 Å². The highest BCUT2D eigenvalue weighted by molar-refractivity contribution is 8.01. The van der Waals surface area contributed by atoms with Crippen molar-refractivity contribution in [3.8, 4) is 0 Å². The minimum atomic E-state index is 0.103. The molecule has 0 saturated heterocycles. The third-order valence-electron chi connectivity index (χ3n) is 2.78. The molecule has 5 heteroatoms. The van der Waals surface area contributed by atoms with Gasteiger partial charge in [-0.2, -0.15) is 0 Å². The fourth-order valence-electron chi connectivity index (χ4n) is 2.01. The summed E-state index contributed by atoms with van der Waals surface area (Å²) in [5, 5.41) is 15.0. The summed E-state index contributed by atoms with van der Waals surface area (Å²) in [7, 11) is 0. The molecule has 2 atom stereocenters. The number of hydrogen-bond acceptors (Lipinski definition) is 5. The van der Waals surface area contributed by atoms with Crippen LogP contribution >= 0.6 is 23.1 Å². The van der Waals surface area contributed by atoms with E-state index in [9.17, 15) is 0 Å². The molecule has 2 heterocycles. The molecule has 0 aliphatic carbocycles. The van der Waals surface area contributed by atoms with Gasteiger partial charge in [0, 0.05) is 17.8 Å². The van der Waals surface area contributed by atoms with Gasteiger partial charge in [0.05, 0.1) is 24.0 Å². The van der Waals surface area contributed by atoms with Crippen LogP contribution in [0.25, 0.3) is 0 Å². The van der Waals surface area contributed by atoms with Gasteiger partial charge in [0.2, 0.25) is 0 Å². The van der Waals surface area contributed by atoms with Crippen molar-refractivity contribution in [2.75, 3.05) is 26.4 Å². The molecule has 1 aliphatic rings. The fourth-order valence-corrected chi connectivity index (χ4v) is 4.58. The lowest BCUT2D eigenvalue weighted by molar-refractivity contribution is 0.0923. The second-order valence-electron chi connectivity index (χ2n) is 4.17. The summed E-state index contributed by atoms with van der Waals surface area (Å²) >= 11 is 3.82. The SMILES string of the molecule is C[C@H]1CC(NCCOCCO)c2ccsc2S1. The van der Waals surface area contributed by atoms with Crippen molar-refractivity contribution in [3.05, 3.63) is 17.0 Å². The lowest BCUT2D eigenvalue weighted by atomic mass is 10.1. The summed E-state index contributed by atoms with van der Waals surface area (Å²) in [6.07, 6.45) is 1.18. The van der Waals surface area contributed by atoms with Gasteiger partial charge >= 0.3 is 0 Å². The maximum Gasteiger partial charge on any atom is 0.0698 e. The van der Waals surface area contributed by atoms with E-state index in [1.807, 2.05) is 23.1 Å². The molecule has 0 amide bonds. The van der Waals surface area contributed by atoms with Gasteiger partial charge < -0.3 is 15.2 Å². The smallest absolute Gasteiger partial charge is 0.0698 e. The topological polar surface area (TPSA) is 41.5 Å². The maximum absolute atomic E-state index is 8.60. The summed E-state index contributed by atoms with van der Waals surface area (Å²) in [5.41, 5.74) is 1.44. The third-order valence-corrected chi connectivity index (χ3v) is 5.13. The number of rotatable bonds is 6. The van der Waals surface area contributed by atoms with Crippen LogP contribution in [0.5, 0.6) is 0 Å². The Morgan fingerprint density at radius 1 is 1.53 bits per heavy atom. The van der Waals surface area contributed by atoms with Crippen LogP contribution in [0, 0.1) is 0 Å². The van der Waals surface area contributed by atoms with E-state index in [0.717, 1.165) is 6.54 Å². The predicted octanol–water partition coefficient (Wildman–Crippen LogP) is 2.27. The minimum absolute atomic E-state index is 0.103. The summed E-state index contributed by atoms with van der Waals surface area (Å²) < 4.78 is 6.71. The number of aliphatic hydroxyl groups is 1. The summed E-state index contributed by atoms with van der Waals surface area (Å²) in [6, 6.07) is 2.69. The van der Waals surface area contributed by atoms with Gasteiger partial charge in [-0.05, 0) is 23.4 Å². The summed E-state index contributed by atoms with van der Waals surface area (Å²) in [4.78, 5) is 0. The Morgan fingerprint density at radius 3 is 3.24 bits per heavy atom. The van der Waals surface area contributed by atoms with Crippen LogP contribution in [0.15, 0.2) is 15.7 Å². The molecule has 2 N–H and O–H groups in total. The van der Waals surface area contributed by atoms with E-state index in [4.69, 9.17) is 9.84 Å². The Morgan fingerprint density at radius 2 is 2.41 bits per heavy atom. The zero-order valence-corrected chi connectivity index (χ0v) is 11.6. The first kappa shape index (κ1) is 13.4. The van der Waals surface area contributed by atoms with Crippen LogP contribution < -0.4 is 5.32 Å². The lowest BCUT2D eigenvalue weighted by Gasteiger charge is -2.27. The molecule has 0 saturated carbocycles. The molecule has 1 aromatic heterocycles. The number of thioether (sulfide) groups is 1. The van der Waals surface area contributed by atoms with Crippen LogP contribution in [0.4, 0.5) is 0 Å². The fraction of sp³-hybridized carbons (Fsp3) is 0.667. The van der Waals surface area contributed by atoms with E-state index in [2.05, 4.69) is 23.7 Å². The number of hydrogen-bond donors (Lipinski definition) is 2. The average molecular weight is 273 g/mol. The normalized spacial score (nSPS) is 23.6. The van der Waals surface area contributed by atoms with E-state index in [0.29, 0.717) is 24.5 Å². The van der Waals surface area contributed by atoms with Gasteiger partial charge in [-0.3, -0.25) is 0 Å². The van der Waals surface area contributed by atoms with E-state index in [-0.39, 0.29) is 6.61 Å². The van der Waals surface area contributed by atoms with E-state index < -0.39 is 0 Å². The Kier molecular flexibility index (Phi) is 5.31. The molecule has 1 aliphatic heterocycles. The van der Waals surface area contributed by atoms with Gasteiger partial charge in [-0.1, -0.05) is 6.92 Å². The van der Waals surface area contributed by atoms with Gasteiger partial charge in [0.1, 0.15) is 0 Å². The zero-order chi connectivity index (χ0) is 12.1. The number of ether oxygens (including phenoxy) is 1. The summed E-state index contributed by atoms with van der Waals surface area (Å²) in [6.45, 7) is 4.33. The molecule has 2 rings (SSSR count). The van der Waals surface area contributed by atoms with Crippen LogP contribution in [-0.2, 0) is 4.74 Å². The minimum Gasteiger partial charge on any atom is -0.394 e. The van der Waals surface area contributed by atoms with Crippen molar-refractivity contribution in [1.82, 2.24) is 5.32 Å². The van der Waals surface area contributed by atoms with Crippen molar-refractivity contribution in [2.24, 2.45) is 0 Å². The Labute approximate surface area is 111 Å². The van der Waals surface area contributed by atoms with Gasteiger partial charge in [-0.15, -0.1) is 23.1 Å². The highest BCUT2D eigenvalue weighted by Crippen LogP contribution is 2.43. The van der Waals surface area contributed by atoms with Crippen LogP contribution in [0.3, 0.4) is 0 Å². The summed E-state index contributed by atoms with van der Waals surface area (Å²) in [5.74, 6) is 0. The van der Waals surface area contributed by atoms with Gasteiger partial charge in [0.25, 0.3) is 0 Å². The quantitative estimate of drug-likeness (QED) is 0.780. The molecule has 1 unspecified atom stereocenters. The standard InChI is InChI=1S/C12H19NO2S2/c1-9-8-11(13-3-5-15-6-4-14)10-2-7-16-12(10)17-9/h2,7,9,11,13-14H,3-6,8H2,1H3/t9-,11?/m0/s1. The van der Waals surface area contributed by atoms with Crippen molar-refractivity contribution in [2.45, 2.75) is 28.8 Å². The Hall–Kier alpha value is -0.0700. The van der Waals surface area contributed by atoms with Crippen LogP contribution in [-0.4, -0.2) is 36.7 Å². The van der Waals surface area contributed by atoms with Crippen molar-refractivity contribution in [1.29, 1.82) is 0 Å². The average Bonchev–Trinajstić information content (AvgIpc) is 2.76. The molecular weight excluding hydrogens is 254 g/mol. The molecule has 0 spiro atoms. The highest BCUT2D eigenvalue weighted by Gasteiger charge is 2.25. The van der Waals surface area contributed by atoms with Crippen molar-refractivity contribution >= 4 is 23.1 Å². The number of fused-ring (bicyclic) bond motifs is 1. The number of aliphatic hydroxyl groups excluding tert-OH is 1. The monoisotopic (exact) mass is 273 g/mol. The predicted molar refractivity (Wildman–Crippen MR) is 72.9 cm³/mol. The first-order valence-electron chi connectivity index (χ1n) is 5.97. The molecule has 1 aromatic rings. The largest absolute Gasteiger partial charge is 0.394 e. The van der Waals surface area contributed by atoms with E-state index in [1.165, 1.54) is 16.2 Å². The van der Waals surface area contributed by atoms with Crippen molar-refractivity contribution in [3.63, 3.8) is 0 Å². The lowest BCUT2D eigenvalue weighted by Crippen LogP contribution is -2.29. The number of thiophene rings is 1.